The summed E-state index contributed by atoms with van der Waals surface area (Å²) in [5, 5.41) is 2.72. The molecule has 1 N–H and O–H groups in total. The summed E-state index contributed by atoms with van der Waals surface area (Å²) in [6, 6.07) is 8.04. The van der Waals surface area contributed by atoms with Gasteiger partial charge in [0, 0.05) is 16.7 Å². The molecule has 0 aromatic heterocycles. The lowest BCUT2D eigenvalue weighted by Gasteiger charge is -2.04. The second-order valence-corrected chi connectivity index (χ2v) is 4.93. The summed E-state index contributed by atoms with van der Waals surface area (Å²) in [4.78, 5) is 11.7. The first-order chi connectivity index (χ1) is 9.97. The fourth-order valence-corrected chi connectivity index (χ4v) is 1.98. The van der Waals surface area contributed by atoms with E-state index in [-0.39, 0.29) is 21.3 Å². The molecule has 0 aliphatic carbocycles. The number of hydrogen-bond acceptors (Lipinski definition) is 1. The number of anilines is 1. The lowest BCUT2D eigenvalue weighted by atomic mass is 10.2. The number of nitrogens with one attached hydrogen (secondary N) is 1. The molecule has 21 heavy (non-hydrogen) atoms. The molecule has 1 amide bonds. The van der Waals surface area contributed by atoms with E-state index in [0.717, 1.165) is 12.1 Å². The zero-order chi connectivity index (χ0) is 15.4. The Kier molecular flexibility index (Phi) is 4.94. The van der Waals surface area contributed by atoms with Gasteiger partial charge in [-0.15, -0.1) is 0 Å². The van der Waals surface area contributed by atoms with Gasteiger partial charge in [0.25, 0.3) is 0 Å². The number of carbonyl (C=O) groups excluding carboxylic acids is 1. The molecule has 0 bridgehead atoms. The minimum Gasteiger partial charge on any atom is -0.320 e. The van der Waals surface area contributed by atoms with E-state index < -0.39 is 17.5 Å². The highest BCUT2D eigenvalue weighted by atomic mass is 35.5. The van der Waals surface area contributed by atoms with Crippen molar-refractivity contribution < 1.29 is 13.6 Å². The summed E-state index contributed by atoms with van der Waals surface area (Å²) in [7, 11) is 0. The van der Waals surface area contributed by atoms with Crippen molar-refractivity contribution in [3.8, 4) is 0 Å². The van der Waals surface area contributed by atoms with E-state index in [4.69, 9.17) is 23.2 Å². The van der Waals surface area contributed by atoms with Gasteiger partial charge in [-0.25, -0.2) is 8.78 Å². The predicted molar refractivity (Wildman–Crippen MR) is 80.5 cm³/mol. The Bertz CT molecular complexity index is 697. The van der Waals surface area contributed by atoms with Gasteiger partial charge in [-0.05, 0) is 36.4 Å². The predicted octanol–water partition coefficient (Wildman–Crippen LogP) is 4.92. The maximum atomic E-state index is 13.5. The van der Waals surface area contributed by atoms with Gasteiger partial charge in [0.05, 0.1) is 10.7 Å². The van der Waals surface area contributed by atoms with Crippen molar-refractivity contribution in [2.24, 2.45) is 0 Å². The minimum absolute atomic E-state index is 0.0197. The molecule has 0 saturated heterocycles. The monoisotopic (exact) mass is 327 g/mol. The highest BCUT2D eigenvalue weighted by Crippen LogP contribution is 2.21. The smallest absolute Gasteiger partial charge is 0.248 e. The zero-order valence-electron chi connectivity index (χ0n) is 10.5. The molecule has 0 fully saturated rings. The van der Waals surface area contributed by atoms with E-state index in [9.17, 15) is 13.6 Å². The Morgan fingerprint density at radius 1 is 1.10 bits per heavy atom. The summed E-state index contributed by atoms with van der Waals surface area (Å²) in [5.74, 6) is -1.83. The number of benzene rings is 2. The Hall–Kier alpha value is -1.91. The first-order valence-electron chi connectivity index (χ1n) is 5.85. The SMILES string of the molecule is O=C(C=Cc1c(F)cccc1Cl)Nc1ccc(Cl)cc1F. The van der Waals surface area contributed by atoms with E-state index in [1.165, 1.54) is 36.4 Å². The van der Waals surface area contributed by atoms with Gasteiger partial charge < -0.3 is 5.32 Å². The molecule has 0 saturated carbocycles. The van der Waals surface area contributed by atoms with Crippen molar-refractivity contribution in [2.75, 3.05) is 5.32 Å². The van der Waals surface area contributed by atoms with Crippen molar-refractivity contribution in [1.29, 1.82) is 0 Å². The van der Waals surface area contributed by atoms with Crippen LogP contribution in [0.5, 0.6) is 0 Å². The third-order valence-corrected chi connectivity index (χ3v) is 3.15. The van der Waals surface area contributed by atoms with Gasteiger partial charge in [0.15, 0.2) is 0 Å². The topological polar surface area (TPSA) is 29.1 Å². The molecule has 0 aliphatic heterocycles. The Morgan fingerprint density at radius 3 is 2.52 bits per heavy atom. The zero-order valence-corrected chi connectivity index (χ0v) is 12.1. The molecule has 6 heteroatoms. The third-order valence-electron chi connectivity index (χ3n) is 2.59. The molecule has 0 spiro atoms. The molecule has 2 aromatic rings. The van der Waals surface area contributed by atoms with E-state index in [2.05, 4.69) is 5.32 Å². The third kappa shape index (κ3) is 4.03. The summed E-state index contributed by atoms with van der Waals surface area (Å²) < 4.78 is 27.0. The fourth-order valence-electron chi connectivity index (χ4n) is 1.59. The van der Waals surface area contributed by atoms with E-state index in [1.54, 1.807) is 0 Å². The van der Waals surface area contributed by atoms with Gasteiger partial charge in [0.1, 0.15) is 11.6 Å². The van der Waals surface area contributed by atoms with Crippen LogP contribution in [0.1, 0.15) is 5.56 Å². The highest BCUT2D eigenvalue weighted by molar-refractivity contribution is 6.32. The number of halogens is 4. The molecular weight excluding hydrogens is 319 g/mol. The number of carbonyl (C=O) groups is 1. The molecule has 0 unspecified atom stereocenters. The lowest BCUT2D eigenvalue weighted by Crippen LogP contribution is -2.09. The van der Waals surface area contributed by atoms with Crippen molar-refractivity contribution in [3.05, 3.63) is 69.7 Å². The van der Waals surface area contributed by atoms with Gasteiger partial charge in [-0.1, -0.05) is 29.3 Å². The molecule has 2 nitrogen and oxygen atoms in total. The van der Waals surface area contributed by atoms with Crippen LogP contribution in [-0.2, 0) is 4.79 Å². The van der Waals surface area contributed by atoms with Crippen LogP contribution in [0.2, 0.25) is 10.0 Å². The molecular formula is C15H9Cl2F2NO. The van der Waals surface area contributed by atoms with Crippen molar-refractivity contribution >= 4 is 40.9 Å². The Labute approximate surface area is 130 Å². The van der Waals surface area contributed by atoms with Crippen LogP contribution in [0.3, 0.4) is 0 Å². The van der Waals surface area contributed by atoms with Crippen LogP contribution < -0.4 is 5.32 Å². The van der Waals surface area contributed by atoms with Gasteiger partial charge in [-0.2, -0.15) is 0 Å². The largest absolute Gasteiger partial charge is 0.320 e. The summed E-state index contributed by atoms with van der Waals surface area (Å²) in [6.07, 6.45) is 2.29. The second-order valence-electron chi connectivity index (χ2n) is 4.08. The van der Waals surface area contributed by atoms with E-state index in [0.29, 0.717) is 0 Å². The average Bonchev–Trinajstić information content (AvgIpc) is 2.41. The Balaban J connectivity index is 2.13. The van der Waals surface area contributed by atoms with Crippen LogP contribution in [0, 0.1) is 11.6 Å². The molecule has 0 heterocycles. The number of amides is 1. The highest BCUT2D eigenvalue weighted by Gasteiger charge is 2.07. The van der Waals surface area contributed by atoms with Gasteiger partial charge in [-0.3, -0.25) is 4.79 Å². The summed E-state index contributed by atoms with van der Waals surface area (Å²) in [5.41, 5.74) is 0.0691. The minimum atomic E-state index is -0.659. The average molecular weight is 328 g/mol. The van der Waals surface area contributed by atoms with Crippen molar-refractivity contribution in [3.63, 3.8) is 0 Å². The maximum Gasteiger partial charge on any atom is 0.248 e. The van der Waals surface area contributed by atoms with Crippen molar-refractivity contribution in [2.45, 2.75) is 0 Å². The van der Waals surface area contributed by atoms with Crippen LogP contribution in [0.4, 0.5) is 14.5 Å². The molecule has 2 aromatic carbocycles. The van der Waals surface area contributed by atoms with Gasteiger partial charge >= 0.3 is 0 Å². The van der Waals surface area contributed by atoms with Crippen LogP contribution in [0.15, 0.2) is 42.5 Å². The first kappa shape index (κ1) is 15.5. The van der Waals surface area contributed by atoms with Gasteiger partial charge in [0.2, 0.25) is 5.91 Å². The number of hydrogen-bond donors (Lipinski definition) is 1. The molecule has 108 valence electrons. The summed E-state index contributed by atoms with van der Waals surface area (Å²) in [6.45, 7) is 0. The van der Waals surface area contributed by atoms with Crippen LogP contribution in [-0.4, -0.2) is 5.91 Å². The summed E-state index contributed by atoms with van der Waals surface area (Å²) >= 11 is 11.4. The molecule has 0 aliphatic rings. The number of rotatable bonds is 3. The Morgan fingerprint density at radius 2 is 1.86 bits per heavy atom. The van der Waals surface area contributed by atoms with E-state index in [1.807, 2.05) is 0 Å². The standard InChI is InChI=1S/C15H9Cl2F2NO/c16-9-4-6-14(13(19)8-9)20-15(21)7-5-10-11(17)2-1-3-12(10)18/h1-8H,(H,20,21). The fraction of sp³-hybridized carbons (Fsp3) is 0. The quantitative estimate of drug-likeness (QED) is 0.796. The molecule has 2 rings (SSSR count). The van der Waals surface area contributed by atoms with Crippen LogP contribution >= 0.6 is 23.2 Å². The second kappa shape index (κ2) is 6.70. The molecule has 0 atom stereocenters. The molecule has 0 radical (unpaired) electrons. The van der Waals surface area contributed by atoms with Crippen LogP contribution in [0.25, 0.3) is 6.08 Å². The normalized spacial score (nSPS) is 10.9. The van der Waals surface area contributed by atoms with Crippen molar-refractivity contribution in [1.82, 2.24) is 0 Å². The lowest BCUT2D eigenvalue weighted by molar-refractivity contribution is -0.111. The first-order valence-corrected chi connectivity index (χ1v) is 6.61. The maximum absolute atomic E-state index is 13.5. The van der Waals surface area contributed by atoms with E-state index >= 15 is 0 Å².